The van der Waals surface area contributed by atoms with Crippen molar-refractivity contribution in [3.8, 4) is 0 Å². The molecule has 0 saturated carbocycles. The molecule has 2 N–H and O–H groups in total. The number of rotatable bonds is 4. The lowest BCUT2D eigenvalue weighted by atomic mass is 10.2. The highest BCUT2D eigenvalue weighted by atomic mass is 16.4. The van der Waals surface area contributed by atoms with E-state index in [-0.39, 0.29) is 17.8 Å². The van der Waals surface area contributed by atoms with Gasteiger partial charge in [0.25, 0.3) is 5.91 Å². The van der Waals surface area contributed by atoms with Crippen molar-refractivity contribution in [3.05, 3.63) is 42.2 Å². The highest BCUT2D eigenvalue weighted by molar-refractivity contribution is 6.03. The number of carbonyl (C=O) groups is 2. The normalized spacial score (nSPS) is 9.33. The lowest BCUT2D eigenvalue weighted by Crippen LogP contribution is -2.26. The Balaban J connectivity index is 2.97. The monoisotopic (exact) mass is 206 g/mol. The summed E-state index contributed by atoms with van der Waals surface area (Å²) >= 11 is 0. The first-order valence-electron chi connectivity index (χ1n) is 4.24. The van der Waals surface area contributed by atoms with E-state index in [1.807, 2.05) is 0 Å². The maximum Gasteiger partial charge on any atom is 0.338 e. The van der Waals surface area contributed by atoms with E-state index in [1.165, 1.54) is 24.4 Å². The van der Waals surface area contributed by atoms with Crippen LogP contribution in [0.25, 0.3) is 0 Å². The second-order valence-corrected chi connectivity index (χ2v) is 2.70. The summed E-state index contributed by atoms with van der Waals surface area (Å²) in [6.45, 7) is 3.70. The number of carbonyl (C=O) groups excluding carboxylic acids is 1. The Hall–Kier alpha value is -2.17. The Morgan fingerprint density at radius 3 is 2.93 bits per heavy atom. The summed E-state index contributed by atoms with van der Waals surface area (Å²) in [5.74, 6) is -1.69. The summed E-state index contributed by atoms with van der Waals surface area (Å²) in [6.07, 6.45) is 2.87. The molecule has 0 aliphatic carbocycles. The Bertz CT molecular complexity index is 401. The average Bonchev–Trinajstić information content (AvgIpc) is 2.25. The number of hydrogen-bond donors (Lipinski definition) is 2. The van der Waals surface area contributed by atoms with E-state index in [1.54, 1.807) is 0 Å². The number of hydrogen-bond acceptors (Lipinski definition) is 3. The van der Waals surface area contributed by atoms with Gasteiger partial charge in [-0.25, -0.2) is 4.79 Å². The van der Waals surface area contributed by atoms with Gasteiger partial charge in [0, 0.05) is 12.7 Å². The Kier molecular flexibility index (Phi) is 3.56. The zero-order chi connectivity index (χ0) is 11.3. The molecule has 5 heteroatoms. The average molecular weight is 206 g/mol. The van der Waals surface area contributed by atoms with Crippen molar-refractivity contribution in [3.63, 3.8) is 0 Å². The van der Waals surface area contributed by atoms with Crippen molar-refractivity contribution in [2.24, 2.45) is 0 Å². The molecule has 0 atom stereocenters. The van der Waals surface area contributed by atoms with Crippen molar-refractivity contribution in [2.45, 2.75) is 0 Å². The molecule has 0 spiro atoms. The van der Waals surface area contributed by atoms with Crippen LogP contribution in [0.3, 0.4) is 0 Å². The van der Waals surface area contributed by atoms with Gasteiger partial charge in [-0.2, -0.15) is 0 Å². The predicted molar refractivity (Wildman–Crippen MR) is 53.7 cm³/mol. The van der Waals surface area contributed by atoms with E-state index in [2.05, 4.69) is 16.9 Å². The maximum atomic E-state index is 11.4. The number of amides is 1. The molecule has 0 unspecified atom stereocenters. The third-order valence-electron chi connectivity index (χ3n) is 1.66. The van der Waals surface area contributed by atoms with Gasteiger partial charge < -0.3 is 10.4 Å². The molecular weight excluding hydrogens is 196 g/mol. The molecule has 1 aromatic rings. The minimum atomic E-state index is -1.17. The van der Waals surface area contributed by atoms with Crippen LogP contribution in [-0.2, 0) is 0 Å². The quantitative estimate of drug-likeness (QED) is 0.710. The van der Waals surface area contributed by atoms with Crippen LogP contribution < -0.4 is 5.32 Å². The Labute approximate surface area is 86.5 Å². The number of aromatic carboxylic acids is 1. The smallest absolute Gasteiger partial charge is 0.338 e. The van der Waals surface area contributed by atoms with Crippen molar-refractivity contribution in [2.75, 3.05) is 6.54 Å². The van der Waals surface area contributed by atoms with Gasteiger partial charge in [0.05, 0.1) is 5.56 Å². The molecule has 0 saturated heterocycles. The number of carboxylic acid groups (broad SMARTS) is 1. The van der Waals surface area contributed by atoms with Crippen LogP contribution in [0.2, 0.25) is 0 Å². The van der Waals surface area contributed by atoms with Crippen molar-refractivity contribution in [1.29, 1.82) is 0 Å². The van der Waals surface area contributed by atoms with Crippen LogP contribution >= 0.6 is 0 Å². The van der Waals surface area contributed by atoms with Crippen molar-refractivity contribution >= 4 is 11.9 Å². The molecule has 78 valence electrons. The first kappa shape index (κ1) is 10.9. The molecule has 0 aliphatic heterocycles. The molecular formula is C10H10N2O3. The minimum Gasteiger partial charge on any atom is -0.478 e. The number of carboxylic acids is 1. The van der Waals surface area contributed by atoms with Gasteiger partial charge in [0.1, 0.15) is 5.69 Å². The van der Waals surface area contributed by atoms with E-state index in [0.29, 0.717) is 0 Å². The number of aromatic nitrogens is 1. The topological polar surface area (TPSA) is 79.3 Å². The summed E-state index contributed by atoms with van der Waals surface area (Å²) in [5.41, 5.74) is -0.203. The molecule has 1 heterocycles. The maximum absolute atomic E-state index is 11.4. The fourth-order valence-corrected chi connectivity index (χ4v) is 1.01. The SMILES string of the molecule is C=CCNC(=O)c1ncccc1C(=O)O. The number of nitrogens with zero attached hydrogens (tertiary/aromatic N) is 1. The van der Waals surface area contributed by atoms with Crippen LogP contribution in [0, 0.1) is 0 Å². The third kappa shape index (κ3) is 2.63. The molecule has 1 aromatic heterocycles. The van der Waals surface area contributed by atoms with Crippen LogP contribution in [0.15, 0.2) is 31.0 Å². The summed E-state index contributed by atoms with van der Waals surface area (Å²) in [5, 5.41) is 11.3. The molecule has 15 heavy (non-hydrogen) atoms. The van der Waals surface area contributed by atoms with Gasteiger partial charge in [-0.15, -0.1) is 6.58 Å². The lowest BCUT2D eigenvalue weighted by Gasteiger charge is -2.04. The van der Waals surface area contributed by atoms with E-state index >= 15 is 0 Å². The lowest BCUT2D eigenvalue weighted by molar-refractivity contribution is 0.0690. The standard InChI is InChI=1S/C10H10N2O3/c1-2-5-12-9(13)8-7(10(14)15)4-3-6-11-8/h2-4,6H,1,5H2,(H,12,13)(H,14,15). The predicted octanol–water partition coefficient (Wildman–Crippen LogP) is 0.696. The second-order valence-electron chi connectivity index (χ2n) is 2.70. The molecule has 0 aliphatic rings. The first-order chi connectivity index (χ1) is 7.16. The Morgan fingerprint density at radius 1 is 1.60 bits per heavy atom. The van der Waals surface area contributed by atoms with E-state index < -0.39 is 11.9 Å². The summed E-state index contributed by atoms with van der Waals surface area (Å²) in [7, 11) is 0. The molecule has 0 fully saturated rings. The molecule has 0 radical (unpaired) electrons. The van der Waals surface area contributed by atoms with Gasteiger partial charge in [-0.3, -0.25) is 9.78 Å². The molecule has 1 amide bonds. The summed E-state index contributed by atoms with van der Waals surface area (Å²) in [6, 6.07) is 2.80. The second kappa shape index (κ2) is 4.90. The first-order valence-corrected chi connectivity index (χ1v) is 4.24. The fourth-order valence-electron chi connectivity index (χ4n) is 1.01. The van der Waals surface area contributed by atoms with Gasteiger partial charge in [0.15, 0.2) is 0 Å². The highest BCUT2D eigenvalue weighted by Gasteiger charge is 2.16. The van der Waals surface area contributed by atoms with Crippen LogP contribution in [0.4, 0.5) is 0 Å². The molecule has 0 aromatic carbocycles. The van der Waals surface area contributed by atoms with Crippen LogP contribution in [0.1, 0.15) is 20.8 Å². The third-order valence-corrected chi connectivity index (χ3v) is 1.66. The summed E-state index contributed by atoms with van der Waals surface area (Å²) in [4.78, 5) is 25.9. The van der Waals surface area contributed by atoms with Gasteiger partial charge in [0.2, 0.25) is 0 Å². The minimum absolute atomic E-state index is 0.0909. The van der Waals surface area contributed by atoms with Crippen molar-refractivity contribution < 1.29 is 14.7 Å². The number of pyridine rings is 1. The van der Waals surface area contributed by atoms with Gasteiger partial charge in [-0.05, 0) is 12.1 Å². The largest absolute Gasteiger partial charge is 0.478 e. The molecule has 1 rings (SSSR count). The van der Waals surface area contributed by atoms with Crippen LogP contribution in [-0.4, -0.2) is 28.5 Å². The summed E-state index contributed by atoms with van der Waals surface area (Å²) < 4.78 is 0. The van der Waals surface area contributed by atoms with Crippen molar-refractivity contribution in [1.82, 2.24) is 10.3 Å². The zero-order valence-corrected chi connectivity index (χ0v) is 7.93. The highest BCUT2D eigenvalue weighted by Crippen LogP contribution is 2.04. The van der Waals surface area contributed by atoms with Gasteiger partial charge >= 0.3 is 5.97 Å². The zero-order valence-electron chi connectivity index (χ0n) is 7.93. The van der Waals surface area contributed by atoms with E-state index in [0.717, 1.165) is 0 Å². The fraction of sp³-hybridized carbons (Fsp3) is 0.100. The number of nitrogens with one attached hydrogen (secondary N) is 1. The van der Waals surface area contributed by atoms with Crippen LogP contribution in [0.5, 0.6) is 0 Å². The molecule has 5 nitrogen and oxygen atoms in total. The van der Waals surface area contributed by atoms with E-state index in [9.17, 15) is 9.59 Å². The van der Waals surface area contributed by atoms with Gasteiger partial charge in [-0.1, -0.05) is 6.08 Å². The molecule has 0 bridgehead atoms. The van der Waals surface area contributed by atoms with E-state index in [4.69, 9.17) is 5.11 Å². The Morgan fingerprint density at radius 2 is 2.33 bits per heavy atom.